The minimum Gasteiger partial charge on any atom is -0.369 e. The van der Waals surface area contributed by atoms with E-state index in [1.54, 1.807) is 0 Å². The fraction of sp³-hybridized carbons (Fsp3) is 0.278. The fourth-order valence-corrected chi connectivity index (χ4v) is 2.86. The van der Waals surface area contributed by atoms with Gasteiger partial charge in [0.2, 0.25) is 5.95 Å². The molecule has 0 spiro atoms. The number of benzene rings is 1. The Morgan fingerprint density at radius 1 is 1.32 bits per heavy atom. The molecule has 0 radical (unpaired) electrons. The number of nitrogens with zero attached hydrogens (tertiary/aromatic N) is 2. The van der Waals surface area contributed by atoms with Crippen LogP contribution >= 0.6 is 0 Å². The van der Waals surface area contributed by atoms with Crippen molar-refractivity contribution in [3.8, 4) is 0 Å². The number of H-pyrrole nitrogens is 1. The summed E-state index contributed by atoms with van der Waals surface area (Å²) in [5, 5.41) is 17.2. The van der Waals surface area contributed by atoms with Gasteiger partial charge in [-0.2, -0.15) is 9.97 Å². The van der Waals surface area contributed by atoms with E-state index in [1.807, 2.05) is 42.8 Å². The second-order valence-corrected chi connectivity index (χ2v) is 6.36. The largest absolute Gasteiger partial charge is 0.369 e. The molecular weight excluding hydrogens is 314 g/mol. The van der Waals surface area contributed by atoms with Crippen LogP contribution in [0.2, 0.25) is 0 Å². The number of hydrogen-bond donors (Lipinski definition) is 5. The predicted octanol–water partition coefficient (Wildman–Crippen LogP) is 2.35. The van der Waals surface area contributed by atoms with Crippen molar-refractivity contribution >= 4 is 40.4 Å². The molecule has 2 heterocycles. The van der Waals surface area contributed by atoms with Crippen LogP contribution in [0.4, 0.5) is 23.1 Å². The van der Waals surface area contributed by atoms with Gasteiger partial charge in [0.05, 0.1) is 18.0 Å². The zero-order valence-corrected chi connectivity index (χ0v) is 14.1. The molecule has 1 saturated carbocycles. The lowest BCUT2D eigenvalue weighted by atomic mass is 10.1. The van der Waals surface area contributed by atoms with Gasteiger partial charge in [-0.3, -0.25) is 0 Å². The van der Waals surface area contributed by atoms with Gasteiger partial charge < -0.3 is 26.3 Å². The second kappa shape index (κ2) is 6.52. The maximum Gasteiger partial charge on any atom is 0.231 e. The summed E-state index contributed by atoms with van der Waals surface area (Å²) in [5.41, 5.74) is 3.61. The van der Waals surface area contributed by atoms with E-state index in [4.69, 9.17) is 5.41 Å². The molecule has 3 aromatic rings. The molecule has 0 saturated heterocycles. The molecule has 0 amide bonds. The Labute approximate surface area is 145 Å². The van der Waals surface area contributed by atoms with Gasteiger partial charge in [0.25, 0.3) is 0 Å². The minimum atomic E-state index is 0.554. The molecular formula is C18H22N7+. The van der Waals surface area contributed by atoms with Crippen molar-refractivity contribution in [2.45, 2.75) is 12.8 Å². The average molecular weight is 336 g/mol. The molecule has 0 unspecified atom stereocenters. The standard InChI is InChI=1S/C18H21N7/c1-20-15-8-13(5-4-12(15)9-19)23-18-24-16-14(6-7-21-16)17(25-18)22-10-11-2-3-11/h4-9,11,19-20H,2-3,10H2,1H3,(H3,21,22,23,24,25)/p+1. The third-order valence-corrected chi connectivity index (χ3v) is 4.48. The van der Waals surface area contributed by atoms with Gasteiger partial charge in [-0.05, 0) is 37.0 Å². The molecule has 1 aliphatic carbocycles. The Hall–Kier alpha value is -2.93. The van der Waals surface area contributed by atoms with Crippen LogP contribution in [0.3, 0.4) is 0 Å². The fourth-order valence-electron chi connectivity index (χ4n) is 2.86. The highest BCUT2D eigenvalue weighted by atomic mass is 15.2. The summed E-state index contributed by atoms with van der Waals surface area (Å²) in [7, 11) is 1.97. The molecule has 6 N–H and O–H groups in total. The number of anilines is 3. The SMILES string of the molecule is C[NH2+]c1cc(Nc2nc(NCC3CC3)c3cc[nH]c3n2)ccc1C=N. The smallest absolute Gasteiger partial charge is 0.231 e. The number of hydrogen-bond acceptors (Lipinski definition) is 5. The first-order valence-electron chi connectivity index (χ1n) is 8.56. The normalized spacial score (nSPS) is 13.8. The van der Waals surface area contributed by atoms with Crippen molar-refractivity contribution in [1.29, 1.82) is 5.41 Å². The van der Waals surface area contributed by atoms with E-state index in [2.05, 4.69) is 25.6 Å². The van der Waals surface area contributed by atoms with Gasteiger partial charge in [-0.1, -0.05) is 0 Å². The van der Waals surface area contributed by atoms with Gasteiger partial charge >= 0.3 is 0 Å². The summed E-state index contributed by atoms with van der Waals surface area (Å²) < 4.78 is 0. The van der Waals surface area contributed by atoms with Crippen molar-refractivity contribution < 1.29 is 5.32 Å². The lowest BCUT2D eigenvalue weighted by molar-refractivity contribution is -0.539. The summed E-state index contributed by atoms with van der Waals surface area (Å²) in [6.07, 6.45) is 5.85. The number of fused-ring (bicyclic) bond motifs is 1. The molecule has 0 aliphatic heterocycles. The molecule has 7 heteroatoms. The number of rotatable bonds is 7. The maximum absolute atomic E-state index is 7.46. The average Bonchev–Trinajstić information content (AvgIpc) is 3.35. The van der Waals surface area contributed by atoms with Gasteiger partial charge in [0.15, 0.2) is 0 Å². The quantitative estimate of drug-likeness (QED) is 0.337. The van der Waals surface area contributed by atoms with Gasteiger partial charge in [-0.25, -0.2) is 0 Å². The number of nitrogens with one attached hydrogen (secondary N) is 4. The lowest BCUT2D eigenvalue weighted by Crippen LogP contribution is -2.73. The first kappa shape index (κ1) is 15.6. The summed E-state index contributed by atoms with van der Waals surface area (Å²) >= 11 is 0. The molecule has 1 aliphatic rings. The van der Waals surface area contributed by atoms with E-state index in [0.717, 1.165) is 46.3 Å². The number of aromatic nitrogens is 3. The zero-order valence-electron chi connectivity index (χ0n) is 14.1. The van der Waals surface area contributed by atoms with E-state index in [9.17, 15) is 0 Å². The second-order valence-electron chi connectivity index (χ2n) is 6.36. The van der Waals surface area contributed by atoms with Crippen LogP contribution in [0.5, 0.6) is 0 Å². The van der Waals surface area contributed by atoms with Crippen molar-refractivity contribution in [1.82, 2.24) is 15.0 Å². The highest BCUT2D eigenvalue weighted by Crippen LogP contribution is 2.30. The molecule has 128 valence electrons. The molecule has 25 heavy (non-hydrogen) atoms. The van der Waals surface area contributed by atoms with Crippen LogP contribution in [0, 0.1) is 11.3 Å². The van der Waals surface area contributed by atoms with Crippen molar-refractivity contribution in [2.75, 3.05) is 24.2 Å². The Balaban J connectivity index is 1.63. The van der Waals surface area contributed by atoms with E-state index < -0.39 is 0 Å². The molecule has 2 aromatic heterocycles. The first-order chi connectivity index (χ1) is 12.3. The Bertz CT molecular complexity index is 911. The molecule has 0 bridgehead atoms. The van der Waals surface area contributed by atoms with E-state index >= 15 is 0 Å². The summed E-state index contributed by atoms with van der Waals surface area (Å²) in [5.74, 6) is 2.19. The van der Waals surface area contributed by atoms with Crippen LogP contribution in [-0.4, -0.2) is 34.8 Å². The number of nitrogens with two attached hydrogens (primary N) is 1. The third-order valence-electron chi connectivity index (χ3n) is 4.48. The number of aromatic amines is 1. The van der Waals surface area contributed by atoms with Crippen LogP contribution < -0.4 is 16.0 Å². The maximum atomic E-state index is 7.46. The van der Waals surface area contributed by atoms with Gasteiger partial charge in [0.1, 0.15) is 17.2 Å². The lowest BCUT2D eigenvalue weighted by Gasteiger charge is -2.10. The topological polar surface area (TPSA) is 106 Å². The van der Waals surface area contributed by atoms with E-state index in [1.165, 1.54) is 19.1 Å². The number of quaternary nitrogens is 1. The van der Waals surface area contributed by atoms with Gasteiger partial charge in [0, 0.05) is 30.7 Å². The van der Waals surface area contributed by atoms with E-state index in [0.29, 0.717) is 5.95 Å². The molecule has 7 nitrogen and oxygen atoms in total. The molecule has 1 aromatic carbocycles. The summed E-state index contributed by atoms with van der Waals surface area (Å²) in [4.78, 5) is 12.4. The van der Waals surface area contributed by atoms with Crippen LogP contribution in [0.25, 0.3) is 11.0 Å². The monoisotopic (exact) mass is 336 g/mol. The molecule has 0 atom stereocenters. The van der Waals surface area contributed by atoms with Gasteiger partial charge in [-0.15, -0.1) is 0 Å². The van der Waals surface area contributed by atoms with Crippen LogP contribution in [0.15, 0.2) is 30.5 Å². The van der Waals surface area contributed by atoms with Crippen molar-refractivity contribution in [2.24, 2.45) is 5.92 Å². The predicted molar refractivity (Wildman–Crippen MR) is 100 cm³/mol. The van der Waals surface area contributed by atoms with Crippen LogP contribution in [0.1, 0.15) is 18.4 Å². The highest BCUT2D eigenvalue weighted by Gasteiger charge is 2.21. The van der Waals surface area contributed by atoms with Crippen LogP contribution in [-0.2, 0) is 0 Å². The third kappa shape index (κ3) is 3.32. The first-order valence-corrected chi connectivity index (χ1v) is 8.56. The van der Waals surface area contributed by atoms with Crippen molar-refractivity contribution in [3.63, 3.8) is 0 Å². The minimum absolute atomic E-state index is 0.554. The summed E-state index contributed by atoms with van der Waals surface area (Å²) in [6.45, 7) is 0.958. The zero-order chi connectivity index (χ0) is 17.2. The highest BCUT2D eigenvalue weighted by molar-refractivity contribution is 5.88. The Kier molecular flexibility index (Phi) is 4.07. The molecule has 1 fully saturated rings. The molecule has 4 rings (SSSR count). The van der Waals surface area contributed by atoms with Crippen molar-refractivity contribution in [3.05, 3.63) is 36.0 Å². The summed E-state index contributed by atoms with van der Waals surface area (Å²) in [6, 6.07) is 7.86. The van der Waals surface area contributed by atoms with E-state index in [-0.39, 0.29) is 0 Å². The Morgan fingerprint density at radius 3 is 2.96 bits per heavy atom. The Morgan fingerprint density at radius 2 is 2.20 bits per heavy atom.